The van der Waals surface area contributed by atoms with E-state index in [9.17, 15) is 8.42 Å². The Morgan fingerprint density at radius 2 is 2.26 bits per heavy atom. The molecule has 0 bridgehead atoms. The van der Waals surface area contributed by atoms with Gasteiger partial charge in [0, 0.05) is 19.6 Å². The van der Waals surface area contributed by atoms with Gasteiger partial charge in [-0.1, -0.05) is 11.6 Å². The third-order valence-electron chi connectivity index (χ3n) is 3.37. The number of piperidine rings is 1. The lowest BCUT2D eigenvalue weighted by molar-refractivity contribution is 0.188. The fourth-order valence-electron chi connectivity index (χ4n) is 2.23. The molecule has 2 rings (SSSR count). The van der Waals surface area contributed by atoms with Gasteiger partial charge in [-0.2, -0.15) is 4.31 Å². The summed E-state index contributed by atoms with van der Waals surface area (Å²) >= 11 is 10.3. The van der Waals surface area contributed by atoms with Crippen LogP contribution in [-0.4, -0.2) is 50.8 Å². The highest BCUT2D eigenvalue weighted by Crippen LogP contribution is 2.36. The van der Waals surface area contributed by atoms with E-state index in [0.29, 0.717) is 13.0 Å². The lowest BCUT2D eigenvalue weighted by Gasteiger charge is -2.34. The van der Waals surface area contributed by atoms with Gasteiger partial charge in [0.1, 0.15) is 4.21 Å². The van der Waals surface area contributed by atoms with Crippen LogP contribution in [0.2, 0.25) is 5.02 Å². The van der Waals surface area contributed by atoms with E-state index in [-0.39, 0.29) is 6.04 Å². The molecule has 1 saturated heterocycles. The zero-order valence-corrected chi connectivity index (χ0v) is 14.7. The quantitative estimate of drug-likeness (QED) is 0.801. The fraction of sp³-hybridized carbons (Fsp3) is 0.636. The van der Waals surface area contributed by atoms with Crippen LogP contribution in [0.15, 0.2) is 14.1 Å². The number of sulfonamides is 1. The van der Waals surface area contributed by atoms with Crippen LogP contribution >= 0.6 is 38.9 Å². The maximum Gasteiger partial charge on any atom is 0.252 e. The summed E-state index contributed by atoms with van der Waals surface area (Å²) < 4.78 is 27.5. The molecule has 2 heterocycles. The summed E-state index contributed by atoms with van der Waals surface area (Å²) in [7, 11) is 0.220. The first-order valence-electron chi connectivity index (χ1n) is 5.94. The van der Waals surface area contributed by atoms with Gasteiger partial charge in [0.25, 0.3) is 10.0 Å². The number of halogens is 2. The highest BCUT2D eigenvalue weighted by atomic mass is 79.9. The molecule has 1 atom stereocenters. The Morgan fingerprint density at radius 3 is 2.79 bits per heavy atom. The largest absolute Gasteiger partial charge is 0.305 e. The van der Waals surface area contributed by atoms with Crippen molar-refractivity contribution in [3.8, 4) is 0 Å². The van der Waals surface area contributed by atoms with Gasteiger partial charge >= 0.3 is 0 Å². The molecule has 108 valence electrons. The van der Waals surface area contributed by atoms with Gasteiger partial charge < -0.3 is 4.90 Å². The minimum absolute atomic E-state index is 0.0309. The zero-order chi connectivity index (χ0) is 14.2. The second-order valence-electron chi connectivity index (χ2n) is 4.77. The van der Waals surface area contributed by atoms with Crippen molar-refractivity contribution in [3.05, 3.63) is 14.9 Å². The molecule has 0 N–H and O–H groups in total. The third kappa shape index (κ3) is 3.33. The molecule has 0 saturated carbocycles. The molecule has 1 unspecified atom stereocenters. The van der Waals surface area contributed by atoms with Gasteiger partial charge in [-0.05, 0) is 48.4 Å². The fourth-order valence-corrected chi connectivity index (χ4v) is 6.19. The molecule has 0 spiro atoms. The van der Waals surface area contributed by atoms with Gasteiger partial charge in [0.2, 0.25) is 0 Å². The number of nitrogens with zero attached hydrogens (tertiary/aromatic N) is 2. The van der Waals surface area contributed by atoms with Crippen molar-refractivity contribution in [2.24, 2.45) is 0 Å². The Balaban J connectivity index is 2.23. The van der Waals surface area contributed by atoms with Crippen LogP contribution in [0.5, 0.6) is 0 Å². The van der Waals surface area contributed by atoms with Gasteiger partial charge in [0.15, 0.2) is 0 Å². The SMILES string of the molecule is CN1CCCC(N(C)S(=O)(=O)c2cc(Cl)c(Br)s2)C1. The third-order valence-corrected chi connectivity index (χ3v) is 8.20. The smallest absolute Gasteiger partial charge is 0.252 e. The van der Waals surface area contributed by atoms with Crippen LogP contribution < -0.4 is 0 Å². The standard InChI is InChI=1S/C11H16BrClN2O2S2/c1-14-5-3-4-8(7-14)15(2)19(16,17)10-6-9(13)11(12)18-10/h6,8H,3-5,7H2,1-2H3. The summed E-state index contributed by atoms with van der Waals surface area (Å²) in [4.78, 5) is 2.16. The highest BCUT2D eigenvalue weighted by molar-refractivity contribution is 9.11. The number of hydrogen-bond acceptors (Lipinski definition) is 4. The second-order valence-corrected chi connectivity index (χ2v) is 9.77. The van der Waals surface area contributed by atoms with E-state index in [1.165, 1.54) is 10.4 Å². The van der Waals surface area contributed by atoms with Crippen molar-refractivity contribution in [3.63, 3.8) is 0 Å². The molecule has 1 aromatic heterocycles. The predicted molar refractivity (Wildman–Crippen MR) is 82.5 cm³/mol. The van der Waals surface area contributed by atoms with E-state index in [2.05, 4.69) is 20.8 Å². The number of thiophene rings is 1. The summed E-state index contributed by atoms with van der Waals surface area (Å²) in [5.74, 6) is 0. The number of likely N-dealkylation sites (tertiary alicyclic amines) is 1. The summed E-state index contributed by atoms with van der Waals surface area (Å²) in [5.41, 5.74) is 0. The summed E-state index contributed by atoms with van der Waals surface area (Å²) in [6.45, 7) is 1.80. The van der Waals surface area contributed by atoms with Crippen molar-refractivity contribution >= 4 is 48.9 Å². The molecule has 0 aromatic carbocycles. The Bertz CT molecular complexity index is 542. The van der Waals surface area contributed by atoms with E-state index in [0.717, 1.165) is 37.3 Å². The first-order valence-corrected chi connectivity index (χ1v) is 9.36. The number of hydrogen-bond donors (Lipinski definition) is 0. The molecule has 1 fully saturated rings. The minimum atomic E-state index is -3.45. The first kappa shape index (κ1) is 15.7. The average molecular weight is 388 g/mol. The topological polar surface area (TPSA) is 40.6 Å². The molecule has 19 heavy (non-hydrogen) atoms. The number of likely N-dealkylation sites (N-methyl/N-ethyl adjacent to an activating group) is 2. The summed E-state index contributed by atoms with van der Waals surface area (Å²) in [5, 5.41) is 0.442. The maximum absolute atomic E-state index is 12.5. The van der Waals surface area contributed by atoms with Gasteiger partial charge in [-0.15, -0.1) is 11.3 Å². The predicted octanol–water partition coefficient (Wildman–Crippen LogP) is 2.88. The number of rotatable bonds is 3. The Kier molecular flexibility index (Phi) is 4.96. The van der Waals surface area contributed by atoms with E-state index < -0.39 is 10.0 Å². The van der Waals surface area contributed by atoms with Crippen molar-refractivity contribution in [2.45, 2.75) is 23.1 Å². The Morgan fingerprint density at radius 1 is 1.58 bits per heavy atom. The van der Waals surface area contributed by atoms with Crippen LogP contribution in [0.3, 0.4) is 0 Å². The molecule has 0 aliphatic carbocycles. The van der Waals surface area contributed by atoms with Gasteiger partial charge in [0.05, 0.1) is 8.81 Å². The molecule has 1 aliphatic rings. The van der Waals surface area contributed by atoms with Crippen LogP contribution in [0.4, 0.5) is 0 Å². The molecule has 1 aromatic rings. The monoisotopic (exact) mass is 386 g/mol. The molecule has 1 aliphatic heterocycles. The van der Waals surface area contributed by atoms with Crippen molar-refractivity contribution in [2.75, 3.05) is 27.2 Å². The normalized spacial score (nSPS) is 22.1. The molecule has 0 radical (unpaired) electrons. The zero-order valence-electron chi connectivity index (χ0n) is 10.8. The van der Waals surface area contributed by atoms with E-state index in [4.69, 9.17) is 11.6 Å². The van der Waals surface area contributed by atoms with E-state index in [1.54, 1.807) is 7.05 Å². The van der Waals surface area contributed by atoms with Crippen molar-refractivity contribution in [1.82, 2.24) is 9.21 Å². The van der Waals surface area contributed by atoms with Gasteiger partial charge in [-0.3, -0.25) is 0 Å². The van der Waals surface area contributed by atoms with Crippen LogP contribution in [0.1, 0.15) is 12.8 Å². The van der Waals surface area contributed by atoms with Crippen LogP contribution in [0, 0.1) is 0 Å². The molecule has 8 heteroatoms. The average Bonchev–Trinajstić information content (AvgIpc) is 2.69. The van der Waals surface area contributed by atoms with Crippen molar-refractivity contribution in [1.29, 1.82) is 0 Å². The highest BCUT2D eigenvalue weighted by Gasteiger charge is 2.32. The Hall–Kier alpha value is 0.340. The molecule has 0 amide bonds. The molecular formula is C11H16BrClN2O2S2. The minimum Gasteiger partial charge on any atom is -0.305 e. The summed E-state index contributed by atoms with van der Waals surface area (Å²) in [6.07, 6.45) is 1.93. The van der Waals surface area contributed by atoms with E-state index in [1.807, 2.05) is 7.05 Å². The lowest BCUT2D eigenvalue weighted by Crippen LogP contribution is -2.47. The summed E-state index contributed by atoms with van der Waals surface area (Å²) in [6, 6.07) is 1.54. The van der Waals surface area contributed by atoms with Crippen LogP contribution in [-0.2, 0) is 10.0 Å². The Labute approximate surface area is 131 Å². The van der Waals surface area contributed by atoms with Crippen LogP contribution in [0.25, 0.3) is 0 Å². The lowest BCUT2D eigenvalue weighted by atomic mass is 10.1. The first-order chi connectivity index (χ1) is 8.82. The maximum atomic E-state index is 12.5. The van der Waals surface area contributed by atoms with E-state index >= 15 is 0 Å². The molecule has 4 nitrogen and oxygen atoms in total. The second kappa shape index (κ2) is 5.99. The van der Waals surface area contributed by atoms with Gasteiger partial charge in [-0.25, -0.2) is 8.42 Å². The van der Waals surface area contributed by atoms with Crippen molar-refractivity contribution < 1.29 is 8.42 Å². The molecular weight excluding hydrogens is 372 g/mol.